The van der Waals surface area contributed by atoms with Crippen molar-refractivity contribution in [3.05, 3.63) is 24.3 Å². The van der Waals surface area contributed by atoms with Crippen molar-refractivity contribution in [2.45, 2.75) is 4.90 Å². The number of anilines is 1. The summed E-state index contributed by atoms with van der Waals surface area (Å²) in [7, 11) is -4.16. The third-order valence-corrected chi connectivity index (χ3v) is 3.07. The molecule has 0 saturated carbocycles. The molecule has 0 fully saturated rings. The zero-order valence-corrected chi connectivity index (χ0v) is 9.19. The Morgan fingerprint density at radius 3 is 2.12 bits per heavy atom. The average Bonchev–Trinajstić information content (AvgIpc) is 2.27. The van der Waals surface area contributed by atoms with Crippen LogP contribution in [0.25, 0.3) is 0 Å². The predicted molar refractivity (Wildman–Crippen MR) is 56.1 cm³/mol. The molecule has 0 bridgehead atoms. The van der Waals surface area contributed by atoms with Crippen LogP contribution < -0.4 is 15.9 Å². The molecular weight excluding hydrogens is 250 g/mol. The van der Waals surface area contributed by atoms with Crippen molar-refractivity contribution < 1.29 is 23.2 Å². The van der Waals surface area contributed by atoms with Gasteiger partial charge in [0.15, 0.2) is 0 Å². The van der Waals surface area contributed by atoms with E-state index in [0.29, 0.717) is 5.69 Å². The van der Waals surface area contributed by atoms with Gasteiger partial charge in [-0.2, -0.15) is 0 Å². The predicted octanol–water partition coefficient (Wildman–Crippen LogP) is -1.42. The monoisotopic (exact) mass is 259 g/mol. The van der Waals surface area contributed by atoms with E-state index in [1.807, 2.05) is 0 Å². The zero-order valence-electron chi connectivity index (χ0n) is 8.38. The van der Waals surface area contributed by atoms with Gasteiger partial charge in [-0.15, -0.1) is 0 Å². The number of sulfonamides is 1. The number of rotatable bonds is 2. The molecule has 5 N–H and O–H groups in total. The second kappa shape index (κ2) is 4.80. The number of amides is 2. The van der Waals surface area contributed by atoms with E-state index in [4.69, 9.17) is 10.9 Å². The Bertz CT molecular complexity index is 537. The fourth-order valence-corrected chi connectivity index (χ4v) is 1.87. The number of benzene rings is 1. The number of hydroxylamine groups is 1. The van der Waals surface area contributed by atoms with E-state index in [1.165, 1.54) is 29.0 Å². The van der Waals surface area contributed by atoms with Crippen molar-refractivity contribution >= 4 is 27.5 Å². The summed E-state index contributed by atoms with van der Waals surface area (Å²) >= 11 is 0. The summed E-state index contributed by atoms with van der Waals surface area (Å²) in [5.41, 5.74) is 6.72. The first-order valence-corrected chi connectivity index (χ1v) is 5.72. The minimum absolute atomic E-state index is 0.231. The number of carbonyl (C=O) groups excluding carboxylic acids is 2. The van der Waals surface area contributed by atoms with Crippen molar-refractivity contribution in [1.29, 1.82) is 0 Å². The standard InChI is InChI=1S/C8H9N3O5S/c9-5-1-3-6(4-2-5)17(15,16)11-8(13)7(12)10-14/h1-4,14H,9H2,(H,10,12)(H,11,13). The molecule has 0 radical (unpaired) electrons. The Morgan fingerprint density at radius 2 is 1.65 bits per heavy atom. The molecule has 92 valence electrons. The van der Waals surface area contributed by atoms with Gasteiger partial charge in [-0.05, 0) is 24.3 Å². The molecular formula is C8H9N3O5S. The quantitative estimate of drug-likeness (QED) is 0.222. The highest BCUT2D eigenvalue weighted by molar-refractivity contribution is 7.90. The van der Waals surface area contributed by atoms with Crippen molar-refractivity contribution in [3.8, 4) is 0 Å². The highest BCUT2D eigenvalue weighted by Crippen LogP contribution is 2.10. The molecule has 2 amide bonds. The van der Waals surface area contributed by atoms with Gasteiger partial charge < -0.3 is 5.73 Å². The number of nitrogen functional groups attached to an aromatic ring is 1. The van der Waals surface area contributed by atoms with Crippen molar-refractivity contribution in [2.24, 2.45) is 0 Å². The topological polar surface area (TPSA) is 139 Å². The van der Waals surface area contributed by atoms with Crippen LogP contribution in [0.4, 0.5) is 5.69 Å². The SMILES string of the molecule is Nc1ccc(S(=O)(=O)NC(=O)C(=O)NO)cc1. The van der Waals surface area contributed by atoms with Gasteiger partial charge in [0, 0.05) is 5.69 Å². The first-order valence-electron chi connectivity index (χ1n) is 4.23. The van der Waals surface area contributed by atoms with Gasteiger partial charge in [0.25, 0.3) is 10.0 Å². The Balaban J connectivity index is 2.93. The van der Waals surface area contributed by atoms with Crippen LogP contribution in [0.15, 0.2) is 29.2 Å². The normalized spacial score (nSPS) is 10.6. The smallest absolute Gasteiger partial charge is 0.333 e. The van der Waals surface area contributed by atoms with Gasteiger partial charge in [-0.3, -0.25) is 14.8 Å². The fraction of sp³-hybridized carbons (Fsp3) is 0. The molecule has 0 atom stereocenters. The molecule has 0 aliphatic heterocycles. The fourth-order valence-electron chi connectivity index (χ4n) is 0.925. The number of hydrogen-bond acceptors (Lipinski definition) is 6. The van der Waals surface area contributed by atoms with Gasteiger partial charge in [0.05, 0.1) is 4.90 Å². The maximum Gasteiger partial charge on any atom is 0.333 e. The minimum atomic E-state index is -4.16. The third-order valence-electron chi connectivity index (χ3n) is 1.73. The van der Waals surface area contributed by atoms with E-state index in [1.54, 1.807) is 0 Å². The van der Waals surface area contributed by atoms with Gasteiger partial charge in [-0.25, -0.2) is 18.6 Å². The van der Waals surface area contributed by atoms with E-state index in [9.17, 15) is 18.0 Å². The summed E-state index contributed by atoms with van der Waals surface area (Å²) in [5, 5.41) is 8.14. The molecule has 8 nitrogen and oxygen atoms in total. The van der Waals surface area contributed by atoms with Crippen molar-refractivity contribution in [2.75, 3.05) is 5.73 Å². The van der Waals surface area contributed by atoms with Crippen LogP contribution in [-0.4, -0.2) is 25.4 Å². The number of nitrogens with one attached hydrogen (secondary N) is 2. The van der Waals surface area contributed by atoms with E-state index in [-0.39, 0.29) is 4.90 Å². The zero-order chi connectivity index (χ0) is 13.1. The second-order valence-corrected chi connectivity index (χ2v) is 4.63. The van der Waals surface area contributed by atoms with E-state index in [0.717, 1.165) is 5.48 Å². The van der Waals surface area contributed by atoms with E-state index >= 15 is 0 Å². The minimum Gasteiger partial charge on any atom is -0.399 e. The molecule has 0 aliphatic rings. The molecule has 17 heavy (non-hydrogen) atoms. The highest BCUT2D eigenvalue weighted by atomic mass is 32.2. The van der Waals surface area contributed by atoms with Crippen LogP contribution in [0.2, 0.25) is 0 Å². The van der Waals surface area contributed by atoms with E-state index in [2.05, 4.69) is 0 Å². The average molecular weight is 259 g/mol. The Morgan fingerprint density at radius 1 is 1.12 bits per heavy atom. The Labute approximate surface area is 96.4 Å². The van der Waals surface area contributed by atoms with Crippen LogP contribution in [0.1, 0.15) is 0 Å². The largest absolute Gasteiger partial charge is 0.399 e. The third kappa shape index (κ3) is 3.16. The summed E-state index contributed by atoms with van der Waals surface area (Å²) in [4.78, 5) is 21.3. The van der Waals surface area contributed by atoms with Crippen LogP contribution >= 0.6 is 0 Å². The molecule has 1 aromatic carbocycles. The Hall–Kier alpha value is -2.13. The summed E-state index contributed by atoms with van der Waals surface area (Å²) < 4.78 is 24.5. The Kier molecular flexibility index (Phi) is 3.66. The van der Waals surface area contributed by atoms with Crippen molar-refractivity contribution in [3.63, 3.8) is 0 Å². The lowest BCUT2D eigenvalue weighted by Crippen LogP contribution is -2.41. The number of hydrogen-bond donors (Lipinski definition) is 4. The first kappa shape index (κ1) is 12.9. The lowest BCUT2D eigenvalue weighted by Gasteiger charge is -2.05. The van der Waals surface area contributed by atoms with Crippen LogP contribution in [0, 0.1) is 0 Å². The van der Waals surface area contributed by atoms with Gasteiger partial charge in [-0.1, -0.05) is 0 Å². The summed E-state index contributed by atoms with van der Waals surface area (Å²) in [6.45, 7) is 0. The molecule has 1 aromatic rings. The molecule has 0 aliphatic carbocycles. The van der Waals surface area contributed by atoms with E-state index < -0.39 is 21.8 Å². The number of carbonyl (C=O) groups is 2. The first-order chi connectivity index (χ1) is 7.86. The maximum absolute atomic E-state index is 11.5. The highest BCUT2D eigenvalue weighted by Gasteiger charge is 2.22. The second-order valence-electron chi connectivity index (χ2n) is 2.94. The lowest BCUT2D eigenvalue weighted by atomic mass is 10.3. The van der Waals surface area contributed by atoms with Crippen LogP contribution in [-0.2, 0) is 19.6 Å². The summed E-state index contributed by atoms with van der Waals surface area (Å²) in [5.74, 6) is -2.98. The summed E-state index contributed by atoms with van der Waals surface area (Å²) in [6, 6.07) is 4.99. The molecule has 0 heterocycles. The molecule has 0 aromatic heterocycles. The van der Waals surface area contributed by atoms with Gasteiger partial charge in [0.2, 0.25) is 0 Å². The van der Waals surface area contributed by atoms with Crippen LogP contribution in [0.5, 0.6) is 0 Å². The van der Waals surface area contributed by atoms with Gasteiger partial charge in [0.1, 0.15) is 0 Å². The van der Waals surface area contributed by atoms with Crippen molar-refractivity contribution in [1.82, 2.24) is 10.2 Å². The van der Waals surface area contributed by atoms with Crippen LogP contribution in [0.3, 0.4) is 0 Å². The summed E-state index contributed by atoms with van der Waals surface area (Å²) in [6.07, 6.45) is 0. The molecule has 0 saturated heterocycles. The molecule has 0 spiro atoms. The van der Waals surface area contributed by atoms with Gasteiger partial charge >= 0.3 is 11.8 Å². The molecule has 0 unspecified atom stereocenters. The maximum atomic E-state index is 11.5. The number of nitrogens with two attached hydrogens (primary N) is 1. The lowest BCUT2D eigenvalue weighted by molar-refractivity contribution is -0.143. The molecule has 9 heteroatoms. The molecule has 1 rings (SSSR count).